The Morgan fingerprint density at radius 1 is 0.943 bits per heavy atom. The van der Waals surface area contributed by atoms with Gasteiger partial charge < -0.3 is 16.0 Å². The van der Waals surface area contributed by atoms with Gasteiger partial charge in [-0.05, 0) is 49.4 Å². The highest BCUT2D eigenvalue weighted by atomic mass is 32.2. The van der Waals surface area contributed by atoms with E-state index in [4.69, 9.17) is 10.1 Å². The number of nitrogens with one attached hydrogen (secondary N) is 3. The Hall–Kier alpha value is -3.60. The molecule has 0 saturated carbocycles. The second kappa shape index (κ2) is 10.8. The number of hydrogen-bond donors (Lipinski definition) is 4. The van der Waals surface area contributed by atoms with E-state index < -0.39 is 10.0 Å². The maximum Gasteiger partial charge on any atom is 0.238 e. The van der Waals surface area contributed by atoms with E-state index in [0.717, 1.165) is 47.4 Å². The van der Waals surface area contributed by atoms with Crippen LogP contribution in [0.4, 0.5) is 17.5 Å². The molecule has 2 heterocycles. The Bertz CT molecular complexity index is 1390. The molecule has 2 aromatic carbocycles. The number of nitrogens with zero attached hydrogens (tertiary/aromatic N) is 3. The predicted molar refractivity (Wildman–Crippen MR) is 140 cm³/mol. The van der Waals surface area contributed by atoms with Gasteiger partial charge in [-0.1, -0.05) is 32.0 Å². The molecule has 35 heavy (non-hydrogen) atoms. The summed E-state index contributed by atoms with van der Waals surface area (Å²) < 4.78 is 22.9. The minimum absolute atomic E-state index is 0.0439. The van der Waals surface area contributed by atoms with Crippen molar-refractivity contribution in [3.8, 4) is 11.1 Å². The molecule has 4 rings (SSSR count). The molecule has 0 aliphatic carbocycles. The Labute approximate surface area is 205 Å². The molecule has 0 saturated heterocycles. The number of aromatic nitrogens is 3. The summed E-state index contributed by atoms with van der Waals surface area (Å²) in [4.78, 5) is 13.7. The van der Waals surface area contributed by atoms with Crippen LogP contribution >= 0.6 is 0 Å². The third-order valence-electron chi connectivity index (χ3n) is 5.34. The first-order valence-electron chi connectivity index (χ1n) is 11.4. The minimum atomic E-state index is -3.74. The first-order valence-corrected chi connectivity index (χ1v) is 12.9. The highest BCUT2D eigenvalue weighted by molar-refractivity contribution is 7.89. The highest BCUT2D eigenvalue weighted by Crippen LogP contribution is 2.28. The number of benzene rings is 2. The van der Waals surface area contributed by atoms with Gasteiger partial charge in [-0.3, -0.25) is 0 Å². The molecule has 10 heteroatoms. The molecule has 0 amide bonds. The second-order valence-electron chi connectivity index (χ2n) is 8.45. The monoisotopic (exact) mass is 491 g/mol. The van der Waals surface area contributed by atoms with Crippen LogP contribution in [0.5, 0.6) is 0 Å². The Balaban J connectivity index is 1.50. The molecule has 0 atom stereocenters. The molecule has 9 nitrogen and oxygen atoms in total. The maximum absolute atomic E-state index is 11.5. The third kappa shape index (κ3) is 6.50. The Kier molecular flexibility index (Phi) is 7.54. The predicted octanol–water partition coefficient (Wildman–Crippen LogP) is 3.88. The lowest BCUT2D eigenvalue weighted by Gasteiger charge is -2.11. The molecule has 0 spiro atoms. The number of nitrogens with two attached hydrogens (primary N) is 1. The van der Waals surface area contributed by atoms with E-state index in [9.17, 15) is 8.42 Å². The van der Waals surface area contributed by atoms with E-state index in [0.29, 0.717) is 17.7 Å². The van der Waals surface area contributed by atoms with Crippen molar-refractivity contribution >= 4 is 38.4 Å². The zero-order valence-corrected chi connectivity index (χ0v) is 20.5. The zero-order valence-electron chi connectivity index (χ0n) is 19.7. The lowest BCUT2D eigenvalue weighted by atomic mass is 10.0. The first kappa shape index (κ1) is 24.5. The Morgan fingerprint density at radius 3 is 2.43 bits per heavy atom. The number of anilines is 3. The largest absolute Gasteiger partial charge is 0.370 e. The summed E-state index contributed by atoms with van der Waals surface area (Å²) in [6.45, 7) is 6.09. The number of para-hydroxylation sites is 1. The topological polar surface area (TPSA) is 135 Å². The van der Waals surface area contributed by atoms with Crippen molar-refractivity contribution < 1.29 is 8.42 Å². The SMILES string of the molecule is CC(C)NCCCNc1ccc(-c2cccc3cnc(Nc4ccc(S(N)(=O)=O)cc4)nc23)cn1. The van der Waals surface area contributed by atoms with Gasteiger partial charge in [0.25, 0.3) is 0 Å². The lowest BCUT2D eigenvalue weighted by molar-refractivity contribution is 0.578. The number of rotatable bonds is 10. The van der Waals surface area contributed by atoms with Crippen LogP contribution in [0.2, 0.25) is 0 Å². The van der Waals surface area contributed by atoms with Crippen molar-refractivity contribution in [2.24, 2.45) is 5.14 Å². The number of sulfonamides is 1. The van der Waals surface area contributed by atoms with Crippen LogP contribution in [0.3, 0.4) is 0 Å². The van der Waals surface area contributed by atoms with Crippen LogP contribution in [-0.2, 0) is 10.0 Å². The summed E-state index contributed by atoms with van der Waals surface area (Å²) in [6.07, 6.45) is 4.61. The average Bonchev–Trinajstić information content (AvgIpc) is 2.83. The number of pyridine rings is 1. The molecule has 4 aromatic rings. The van der Waals surface area contributed by atoms with Gasteiger partial charge in [-0.2, -0.15) is 0 Å². The molecule has 0 radical (unpaired) electrons. The molecule has 5 N–H and O–H groups in total. The van der Waals surface area contributed by atoms with E-state index in [1.54, 1.807) is 18.3 Å². The van der Waals surface area contributed by atoms with Crippen LogP contribution in [0.1, 0.15) is 20.3 Å². The fourth-order valence-electron chi connectivity index (χ4n) is 3.56. The van der Waals surface area contributed by atoms with Crippen LogP contribution in [-0.4, -0.2) is 42.5 Å². The maximum atomic E-state index is 11.5. The number of fused-ring (bicyclic) bond motifs is 1. The summed E-state index contributed by atoms with van der Waals surface area (Å²) in [5, 5.41) is 15.9. The number of hydrogen-bond acceptors (Lipinski definition) is 8. The van der Waals surface area contributed by atoms with E-state index >= 15 is 0 Å². The van der Waals surface area contributed by atoms with Crippen LogP contribution < -0.4 is 21.1 Å². The van der Waals surface area contributed by atoms with Crippen molar-refractivity contribution in [1.29, 1.82) is 0 Å². The molecule has 0 aliphatic rings. The van der Waals surface area contributed by atoms with Crippen molar-refractivity contribution in [1.82, 2.24) is 20.3 Å². The summed E-state index contributed by atoms with van der Waals surface area (Å²) in [5.74, 6) is 1.23. The molecule has 0 aliphatic heterocycles. The molecule has 0 bridgehead atoms. The van der Waals surface area contributed by atoms with Crippen molar-refractivity contribution in [2.45, 2.75) is 31.2 Å². The minimum Gasteiger partial charge on any atom is -0.370 e. The van der Waals surface area contributed by atoms with E-state index in [1.807, 2.05) is 36.5 Å². The van der Waals surface area contributed by atoms with Crippen LogP contribution in [0.25, 0.3) is 22.0 Å². The summed E-state index contributed by atoms with van der Waals surface area (Å²) >= 11 is 0. The van der Waals surface area contributed by atoms with Crippen molar-refractivity contribution in [3.05, 3.63) is 67.0 Å². The normalized spacial score (nSPS) is 11.7. The van der Waals surface area contributed by atoms with Crippen molar-refractivity contribution in [3.63, 3.8) is 0 Å². The van der Waals surface area contributed by atoms with Gasteiger partial charge in [-0.25, -0.2) is 28.5 Å². The summed E-state index contributed by atoms with van der Waals surface area (Å²) in [5.41, 5.74) is 3.32. The molecular formula is C25H29N7O2S. The van der Waals surface area contributed by atoms with E-state index in [1.165, 1.54) is 12.1 Å². The molecule has 2 aromatic heterocycles. The Morgan fingerprint density at radius 2 is 1.74 bits per heavy atom. The van der Waals surface area contributed by atoms with Crippen LogP contribution in [0.15, 0.2) is 71.9 Å². The molecule has 0 unspecified atom stereocenters. The first-order chi connectivity index (χ1) is 16.8. The average molecular weight is 492 g/mol. The third-order valence-corrected chi connectivity index (χ3v) is 6.27. The van der Waals surface area contributed by atoms with Gasteiger partial charge in [-0.15, -0.1) is 0 Å². The quantitative estimate of drug-likeness (QED) is 0.246. The van der Waals surface area contributed by atoms with Gasteiger partial charge in [0.1, 0.15) is 5.82 Å². The lowest BCUT2D eigenvalue weighted by Crippen LogP contribution is -2.25. The summed E-state index contributed by atoms with van der Waals surface area (Å²) in [7, 11) is -3.74. The standard InChI is InChI=1S/C25H29N7O2S/c1-17(2)27-13-4-14-28-23-12-7-18(15-29-23)22-6-3-5-19-16-30-25(32-24(19)22)31-20-8-10-21(11-9-20)35(26,33)34/h3,5-12,15-17,27H,4,13-14H2,1-2H3,(H,28,29)(H2,26,33,34)(H,30,31,32). The van der Waals surface area contributed by atoms with Gasteiger partial charge in [0.15, 0.2) is 0 Å². The van der Waals surface area contributed by atoms with E-state index in [-0.39, 0.29) is 4.90 Å². The fourth-order valence-corrected chi connectivity index (χ4v) is 4.07. The van der Waals surface area contributed by atoms with Crippen molar-refractivity contribution in [2.75, 3.05) is 23.7 Å². The van der Waals surface area contributed by atoms with Gasteiger partial charge >= 0.3 is 0 Å². The smallest absolute Gasteiger partial charge is 0.238 e. The molecule has 0 fully saturated rings. The second-order valence-corrected chi connectivity index (χ2v) is 10.0. The summed E-state index contributed by atoms with van der Waals surface area (Å²) in [6, 6.07) is 16.5. The van der Waals surface area contributed by atoms with Gasteiger partial charge in [0.05, 0.1) is 10.4 Å². The molecular weight excluding hydrogens is 462 g/mol. The zero-order chi connectivity index (χ0) is 24.8. The highest BCUT2D eigenvalue weighted by Gasteiger charge is 2.10. The van der Waals surface area contributed by atoms with Crippen LogP contribution in [0, 0.1) is 0 Å². The van der Waals surface area contributed by atoms with Gasteiger partial charge in [0.2, 0.25) is 16.0 Å². The van der Waals surface area contributed by atoms with E-state index in [2.05, 4.69) is 39.8 Å². The molecule has 182 valence electrons. The number of primary sulfonamides is 1. The fraction of sp³-hybridized carbons (Fsp3) is 0.240. The van der Waals surface area contributed by atoms with Gasteiger partial charge in [0, 0.05) is 47.2 Å².